The van der Waals surface area contributed by atoms with Crippen LogP contribution >= 0.6 is 0 Å². The van der Waals surface area contributed by atoms with E-state index in [4.69, 9.17) is 0 Å². The van der Waals surface area contributed by atoms with Crippen molar-refractivity contribution in [2.75, 3.05) is 40.8 Å². The number of hydrogen-bond acceptors (Lipinski definition) is 2. The van der Waals surface area contributed by atoms with Crippen LogP contribution in [0.3, 0.4) is 0 Å². The van der Waals surface area contributed by atoms with Crippen LogP contribution < -0.4 is 5.32 Å². The molecular formula is C18H36N4. The normalized spacial score (nSPS) is 16.8. The van der Waals surface area contributed by atoms with E-state index >= 15 is 0 Å². The molecule has 0 aromatic rings. The lowest BCUT2D eigenvalue weighted by Gasteiger charge is -2.31. The van der Waals surface area contributed by atoms with Crippen LogP contribution in [0.2, 0.25) is 0 Å². The van der Waals surface area contributed by atoms with Gasteiger partial charge in [0.2, 0.25) is 0 Å². The van der Waals surface area contributed by atoms with Crippen LogP contribution in [0.25, 0.3) is 0 Å². The molecule has 0 amide bonds. The minimum absolute atomic E-state index is 0.814. The summed E-state index contributed by atoms with van der Waals surface area (Å²) in [7, 11) is 6.25. The summed E-state index contributed by atoms with van der Waals surface area (Å²) in [5.74, 6) is 1.00. The predicted octanol–water partition coefficient (Wildman–Crippen LogP) is 3.11. The highest BCUT2D eigenvalue weighted by molar-refractivity contribution is 5.79. The summed E-state index contributed by atoms with van der Waals surface area (Å²) in [5, 5.41) is 3.48. The molecule has 4 heteroatoms. The molecule has 0 heterocycles. The maximum atomic E-state index is 4.37. The lowest BCUT2D eigenvalue weighted by atomic mass is 9.94. The van der Waals surface area contributed by atoms with Crippen LogP contribution in [0, 0.1) is 0 Å². The van der Waals surface area contributed by atoms with Crippen molar-refractivity contribution in [2.45, 2.75) is 57.4 Å². The molecule has 1 N–H and O–H groups in total. The zero-order valence-corrected chi connectivity index (χ0v) is 15.0. The molecule has 0 aliphatic heterocycles. The van der Waals surface area contributed by atoms with E-state index in [1.807, 2.05) is 13.1 Å². The minimum atomic E-state index is 0.814. The topological polar surface area (TPSA) is 30.9 Å². The van der Waals surface area contributed by atoms with Gasteiger partial charge in [0.25, 0.3) is 0 Å². The Bertz CT molecular complexity index is 321. The van der Waals surface area contributed by atoms with Gasteiger partial charge in [-0.25, -0.2) is 0 Å². The van der Waals surface area contributed by atoms with Crippen molar-refractivity contribution in [2.24, 2.45) is 4.99 Å². The van der Waals surface area contributed by atoms with Crippen molar-refractivity contribution >= 4 is 5.96 Å². The molecule has 1 saturated carbocycles. The molecule has 1 rings (SSSR count). The summed E-state index contributed by atoms with van der Waals surface area (Å²) < 4.78 is 0. The highest BCUT2D eigenvalue weighted by atomic mass is 15.3. The maximum absolute atomic E-state index is 4.37. The molecular weight excluding hydrogens is 272 g/mol. The fourth-order valence-corrected chi connectivity index (χ4v) is 3.20. The van der Waals surface area contributed by atoms with Gasteiger partial charge in [0.1, 0.15) is 0 Å². The van der Waals surface area contributed by atoms with Gasteiger partial charge in [-0.05, 0) is 45.7 Å². The lowest BCUT2D eigenvalue weighted by molar-refractivity contribution is 0.190. The summed E-state index contributed by atoms with van der Waals surface area (Å²) in [6.07, 6.45) is 12.4. The SMILES string of the molecule is C=CCCCN(C)C(=NC)NCCCN(C)C1CCCCC1. The van der Waals surface area contributed by atoms with Gasteiger partial charge in [-0.3, -0.25) is 4.99 Å². The summed E-state index contributed by atoms with van der Waals surface area (Å²) in [4.78, 5) is 9.12. The Balaban J connectivity index is 2.16. The molecule has 0 radical (unpaired) electrons. The molecule has 0 aromatic heterocycles. The number of hydrogen-bond donors (Lipinski definition) is 1. The highest BCUT2D eigenvalue weighted by Gasteiger charge is 2.17. The first-order chi connectivity index (χ1) is 10.7. The van der Waals surface area contributed by atoms with E-state index in [0.29, 0.717) is 0 Å². The smallest absolute Gasteiger partial charge is 0.193 e. The van der Waals surface area contributed by atoms with Crippen LogP contribution in [0.4, 0.5) is 0 Å². The molecule has 1 aliphatic rings. The first-order valence-corrected chi connectivity index (χ1v) is 8.92. The third-order valence-electron chi connectivity index (χ3n) is 4.64. The van der Waals surface area contributed by atoms with Gasteiger partial charge in [-0.2, -0.15) is 0 Å². The molecule has 0 bridgehead atoms. The Hall–Kier alpha value is -1.03. The Morgan fingerprint density at radius 2 is 1.91 bits per heavy atom. The van der Waals surface area contributed by atoms with Crippen LogP contribution in [-0.2, 0) is 0 Å². The second-order valence-corrected chi connectivity index (χ2v) is 6.45. The van der Waals surface area contributed by atoms with Gasteiger partial charge in [0, 0.05) is 33.2 Å². The Labute approximate surface area is 137 Å². The first kappa shape index (κ1) is 19.0. The highest BCUT2D eigenvalue weighted by Crippen LogP contribution is 2.21. The van der Waals surface area contributed by atoms with Gasteiger partial charge in [0.05, 0.1) is 0 Å². The summed E-state index contributed by atoms with van der Waals surface area (Å²) in [6.45, 7) is 6.96. The van der Waals surface area contributed by atoms with Gasteiger partial charge in [0.15, 0.2) is 5.96 Å². The van der Waals surface area contributed by atoms with E-state index in [9.17, 15) is 0 Å². The fraction of sp³-hybridized carbons (Fsp3) is 0.833. The van der Waals surface area contributed by atoms with E-state index in [1.165, 1.54) is 45.1 Å². The van der Waals surface area contributed by atoms with Crippen molar-refractivity contribution in [3.63, 3.8) is 0 Å². The third kappa shape index (κ3) is 7.30. The summed E-state index contributed by atoms with van der Waals surface area (Å²) >= 11 is 0. The second-order valence-electron chi connectivity index (χ2n) is 6.45. The fourth-order valence-electron chi connectivity index (χ4n) is 3.20. The number of nitrogens with one attached hydrogen (secondary N) is 1. The second kappa shape index (κ2) is 11.5. The summed E-state index contributed by atoms with van der Waals surface area (Å²) in [5.41, 5.74) is 0. The zero-order valence-electron chi connectivity index (χ0n) is 15.0. The van der Waals surface area contributed by atoms with E-state index in [1.54, 1.807) is 0 Å². The molecule has 0 unspecified atom stereocenters. The van der Waals surface area contributed by atoms with E-state index in [2.05, 4.69) is 40.8 Å². The Kier molecular flexibility index (Phi) is 9.96. The lowest BCUT2D eigenvalue weighted by Crippen LogP contribution is -2.41. The standard InChI is InChI=1S/C18H36N4/c1-5-6-10-15-22(4)18(19-2)20-14-11-16-21(3)17-12-8-7-9-13-17/h5,17H,1,6-16H2,2-4H3,(H,19,20). The maximum Gasteiger partial charge on any atom is 0.193 e. The minimum Gasteiger partial charge on any atom is -0.356 e. The van der Waals surface area contributed by atoms with E-state index in [-0.39, 0.29) is 0 Å². The number of nitrogens with zero attached hydrogens (tertiary/aromatic N) is 3. The summed E-state index contributed by atoms with van der Waals surface area (Å²) in [6, 6.07) is 0.814. The average Bonchev–Trinajstić information content (AvgIpc) is 2.55. The third-order valence-corrected chi connectivity index (χ3v) is 4.64. The molecule has 1 fully saturated rings. The van der Waals surface area contributed by atoms with Crippen LogP contribution in [0.5, 0.6) is 0 Å². The Morgan fingerprint density at radius 3 is 2.55 bits per heavy atom. The van der Waals surface area contributed by atoms with Crippen LogP contribution in [0.1, 0.15) is 51.4 Å². The molecule has 0 atom stereocenters. The van der Waals surface area contributed by atoms with Gasteiger partial charge in [-0.15, -0.1) is 6.58 Å². The van der Waals surface area contributed by atoms with Crippen molar-refractivity contribution in [1.82, 2.24) is 15.1 Å². The van der Waals surface area contributed by atoms with Crippen molar-refractivity contribution < 1.29 is 0 Å². The van der Waals surface area contributed by atoms with Crippen molar-refractivity contribution in [1.29, 1.82) is 0 Å². The monoisotopic (exact) mass is 308 g/mol. The molecule has 0 aromatic carbocycles. The van der Waals surface area contributed by atoms with Crippen LogP contribution in [-0.4, -0.2) is 62.6 Å². The average molecular weight is 309 g/mol. The van der Waals surface area contributed by atoms with Crippen molar-refractivity contribution in [3.05, 3.63) is 12.7 Å². The molecule has 22 heavy (non-hydrogen) atoms. The van der Waals surface area contributed by atoms with Gasteiger partial charge >= 0.3 is 0 Å². The van der Waals surface area contributed by atoms with Gasteiger partial charge < -0.3 is 15.1 Å². The predicted molar refractivity (Wildman–Crippen MR) is 97.5 cm³/mol. The van der Waals surface area contributed by atoms with E-state index < -0.39 is 0 Å². The number of unbranched alkanes of at least 4 members (excludes halogenated alkanes) is 1. The first-order valence-electron chi connectivity index (χ1n) is 8.92. The molecule has 4 nitrogen and oxygen atoms in total. The number of aliphatic imine (C=N–C) groups is 1. The zero-order chi connectivity index (χ0) is 16.2. The number of guanidine groups is 1. The van der Waals surface area contributed by atoms with Crippen LogP contribution in [0.15, 0.2) is 17.6 Å². The number of allylic oxidation sites excluding steroid dienone is 1. The molecule has 1 aliphatic carbocycles. The number of rotatable bonds is 9. The van der Waals surface area contributed by atoms with Crippen molar-refractivity contribution in [3.8, 4) is 0 Å². The molecule has 0 spiro atoms. The quantitative estimate of drug-likeness (QED) is 0.307. The Morgan fingerprint density at radius 1 is 1.18 bits per heavy atom. The molecule has 128 valence electrons. The van der Waals surface area contributed by atoms with E-state index in [0.717, 1.165) is 37.9 Å². The largest absolute Gasteiger partial charge is 0.356 e. The molecule has 0 saturated heterocycles. The van der Waals surface area contributed by atoms with Gasteiger partial charge in [-0.1, -0.05) is 25.3 Å².